The summed E-state index contributed by atoms with van der Waals surface area (Å²) in [5, 5.41) is 9.32. The van der Waals surface area contributed by atoms with E-state index < -0.39 is 5.92 Å². The summed E-state index contributed by atoms with van der Waals surface area (Å²) < 4.78 is 28.2. The lowest BCUT2D eigenvalue weighted by Crippen LogP contribution is -2.65. The summed E-state index contributed by atoms with van der Waals surface area (Å²) in [5.74, 6) is 2.71. The van der Waals surface area contributed by atoms with E-state index in [1.54, 1.807) is 19.2 Å². The number of ether oxygens (including phenoxy) is 5. The maximum absolute atomic E-state index is 14.3. The maximum Gasteiger partial charge on any atom is 0.251 e. The summed E-state index contributed by atoms with van der Waals surface area (Å²) in [6.45, 7) is 6.65. The number of nitrogens with one attached hydrogen (secondary N) is 3. The number of anilines is 1. The van der Waals surface area contributed by atoms with Crippen molar-refractivity contribution >= 4 is 17.4 Å². The number of ketones is 1. The minimum absolute atomic E-state index is 0.0219. The largest absolute Gasteiger partial charge is 0.497 e. The van der Waals surface area contributed by atoms with Crippen LogP contribution in [0.5, 0.6) is 34.5 Å². The summed E-state index contributed by atoms with van der Waals surface area (Å²) in [6.07, 6.45) is 1.47. The first kappa shape index (κ1) is 40.2. The second-order valence-electron chi connectivity index (χ2n) is 15.4. The molecule has 3 fully saturated rings. The van der Waals surface area contributed by atoms with Crippen molar-refractivity contribution in [2.45, 2.75) is 43.2 Å². The van der Waals surface area contributed by atoms with Gasteiger partial charge in [-0.1, -0.05) is 43.0 Å². The fourth-order valence-corrected chi connectivity index (χ4v) is 9.07. The molecule has 14 nitrogen and oxygen atoms in total. The van der Waals surface area contributed by atoms with E-state index in [2.05, 4.69) is 39.8 Å². The number of carbonyl (C=O) groups excluding carboxylic acids is 2. The molecule has 4 heterocycles. The Bertz CT molecular complexity index is 2140. The second kappa shape index (κ2) is 17.3. The predicted octanol–water partition coefficient (Wildman–Crippen LogP) is 4.79. The van der Waals surface area contributed by atoms with Crippen LogP contribution in [0, 0.1) is 5.92 Å². The van der Waals surface area contributed by atoms with Crippen molar-refractivity contribution in [3.05, 3.63) is 114 Å². The number of carbonyl (C=O) groups is 2. The van der Waals surface area contributed by atoms with Crippen LogP contribution in [0.2, 0.25) is 0 Å². The molecule has 4 aliphatic heterocycles. The molecule has 0 aromatic heterocycles. The summed E-state index contributed by atoms with van der Waals surface area (Å²) >= 11 is 0. The van der Waals surface area contributed by atoms with Gasteiger partial charge in [-0.25, -0.2) is 10.4 Å². The molecule has 59 heavy (non-hydrogen) atoms. The molecular weight excluding hydrogens is 751 g/mol. The molecule has 0 saturated carbocycles. The van der Waals surface area contributed by atoms with Gasteiger partial charge in [0, 0.05) is 67.7 Å². The van der Waals surface area contributed by atoms with Gasteiger partial charge in [0.1, 0.15) is 17.2 Å². The number of amides is 1. The van der Waals surface area contributed by atoms with E-state index in [1.165, 1.54) is 21.3 Å². The Kier molecular flexibility index (Phi) is 11.8. The zero-order valence-electron chi connectivity index (χ0n) is 34.0. The third-order valence-electron chi connectivity index (χ3n) is 12.0. The molecule has 310 valence electrons. The van der Waals surface area contributed by atoms with Crippen LogP contribution in [-0.2, 0) is 4.79 Å². The van der Waals surface area contributed by atoms with Crippen molar-refractivity contribution in [2.75, 3.05) is 66.2 Å². The van der Waals surface area contributed by atoms with E-state index in [-0.39, 0.29) is 48.6 Å². The Hall–Kier alpha value is -5.64. The average Bonchev–Trinajstić information content (AvgIpc) is 3.85. The van der Waals surface area contributed by atoms with E-state index in [9.17, 15) is 9.59 Å². The van der Waals surface area contributed by atoms with Gasteiger partial charge in [0.2, 0.25) is 5.75 Å². The van der Waals surface area contributed by atoms with Crippen molar-refractivity contribution in [2.24, 2.45) is 11.7 Å². The Balaban J connectivity index is 0.965. The Labute approximate surface area is 345 Å². The number of benzene rings is 4. The fraction of sp³-hybridized carbons (Fsp3) is 0.378. The third kappa shape index (κ3) is 7.94. The average molecular weight is 804 g/mol. The number of hydrogen-bond donors (Lipinski definition) is 4. The van der Waals surface area contributed by atoms with Crippen LogP contribution < -0.4 is 50.4 Å². The highest BCUT2D eigenvalue weighted by Crippen LogP contribution is 2.44. The second-order valence-corrected chi connectivity index (χ2v) is 15.4. The number of methoxy groups -OCH3 is 4. The number of hydrogen-bond acceptors (Lipinski definition) is 13. The highest BCUT2D eigenvalue weighted by Gasteiger charge is 2.50. The Morgan fingerprint density at radius 2 is 1.54 bits per heavy atom. The number of para-hydroxylation sites is 1. The van der Waals surface area contributed by atoms with Gasteiger partial charge in [0.15, 0.2) is 17.3 Å². The number of fused-ring (bicyclic) bond motifs is 2. The van der Waals surface area contributed by atoms with Gasteiger partial charge in [-0.05, 0) is 66.4 Å². The SMILES string of the molecule is C=C(CN1CC(C(=O)c2cc(OC)c(OC)c(OC)c2)c2ccc(OC)cc21)C(=O)N1CCC[C@@H](N2NC(c3ccc(Oc4ccccc4)cc3)C3C(N)NCNC32)C1. The molecule has 4 aliphatic rings. The van der Waals surface area contributed by atoms with Gasteiger partial charge in [0.25, 0.3) is 5.91 Å². The normalized spacial score (nSPS) is 23.9. The number of Topliss-reactive ketones (excluding diaryl/α,β-unsaturated/α-hetero) is 1. The monoisotopic (exact) mass is 803 g/mol. The van der Waals surface area contributed by atoms with Gasteiger partial charge in [0.05, 0.1) is 52.7 Å². The summed E-state index contributed by atoms with van der Waals surface area (Å²) in [7, 11) is 6.18. The lowest BCUT2D eigenvalue weighted by atomic mass is 9.88. The van der Waals surface area contributed by atoms with Crippen LogP contribution in [0.3, 0.4) is 0 Å². The number of nitrogens with two attached hydrogens (primary N) is 1. The van der Waals surface area contributed by atoms with E-state index in [0.29, 0.717) is 60.4 Å². The predicted molar refractivity (Wildman–Crippen MR) is 224 cm³/mol. The molecule has 4 aromatic carbocycles. The maximum atomic E-state index is 14.3. The molecule has 0 aliphatic carbocycles. The molecule has 3 saturated heterocycles. The van der Waals surface area contributed by atoms with Gasteiger partial charge in [-0.2, -0.15) is 0 Å². The molecule has 5 N–H and O–H groups in total. The molecule has 0 spiro atoms. The minimum Gasteiger partial charge on any atom is -0.497 e. The van der Waals surface area contributed by atoms with Crippen LogP contribution in [0.25, 0.3) is 0 Å². The Morgan fingerprint density at radius 1 is 0.831 bits per heavy atom. The van der Waals surface area contributed by atoms with Gasteiger partial charge in [-0.3, -0.25) is 20.2 Å². The van der Waals surface area contributed by atoms with Crippen LogP contribution in [-0.4, -0.2) is 101 Å². The van der Waals surface area contributed by atoms with Crippen molar-refractivity contribution in [1.82, 2.24) is 26.0 Å². The first-order chi connectivity index (χ1) is 28.7. The molecule has 14 heteroatoms. The summed E-state index contributed by atoms with van der Waals surface area (Å²) in [6, 6.07) is 26.9. The first-order valence-corrected chi connectivity index (χ1v) is 20.0. The molecule has 4 aromatic rings. The van der Waals surface area contributed by atoms with Crippen molar-refractivity contribution < 1.29 is 33.3 Å². The van der Waals surface area contributed by atoms with Gasteiger partial charge >= 0.3 is 0 Å². The number of nitrogens with zero attached hydrogens (tertiary/aromatic N) is 3. The first-order valence-electron chi connectivity index (χ1n) is 20.0. The highest BCUT2D eigenvalue weighted by molar-refractivity contribution is 6.04. The minimum atomic E-state index is -0.514. The summed E-state index contributed by atoms with van der Waals surface area (Å²) in [4.78, 5) is 32.5. The van der Waals surface area contributed by atoms with Crippen molar-refractivity contribution in [1.29, 1.82) is 0 Å². The van der Waals surface area contributed by atoms with Crippen LogP contribution in [0.4, 0.5) is 5.69 Å². The van der Waals surface area contributed by atoms with Gasteiger partial charge < -0.3 is 39.2 Å². The lowest BCUT2D eigenvalue weighted by molar-refractivity contribution is -0.130. The molecule has 0 bridgehead atoms. The molecule has 5 unspecified atom stereocenters. The molecule has 0 radical (unpaired) electrons. The molecule has 6 atom stereocenters. The zero-order chi connectivity index (χ0) is 41.2. The highest BCUT2D eigenvalue weighted by atomic mass is 16.5. The topological polar surface area (TPSA) is 152 Å². The van der Waals surface area contributed by atoms with Crippen LogP contribution in [0.1, 0.15) is 46.3 Å². The van der Waals surface area contributed by atoms with Crippen LogP contribution >= 0.6 is 0 Å². The standard InChI is InChI=1S/C45H53N7O7/c1-27(23-51-25-35(34-18-17-33(55-2)22-36(34)51)41(53)29-20-37(56-3)42(58-5)38(21-29)57-4)45(54)50-19-9-10-30(24-50)52-44-39(43(46)47-26-48-44)40(49-52)28-13-15-32(16-14-28)59-31-11-7-6-8-12-31/h6-8,11-18,20-22,30,35,39-40,43-44,47-49H,1,9-10,19,23-26,46H2,2-5H3/t30-,35?,39?,40?,43?,44?/m1/s1. The van der Waals surface area contributed by atoms with E-state index in [0.717, 1.165) is 41.2 Å². The quantitative estimate of drug-likeness (QED) is 0.109. The van der Waals surface area contributed by atoms with E-state index >= 15 is 0 Å². The van der Waals surface area contributed by atoms with Gasteiger partial charge in [-0.15, -0.1) is 0 Å². The zero-order valence-corrected chi connectivity index (χ0v) is 34.0. The summed E-state index contributed by atoms with van der Waals surface area (Å²) in [5.41, 5.74) is 14.2. The van der Waals surface area contributed by atoms with Crippen LogP contribution in [0.15, 0.2) is 97.1 Å². The van der Waals surface area contributed by atoms with Crippen molar-refractivity contribution in [3.8, 4) is 34.5 Å². The molecule has 8 rings (SSSR count). The lowest BCUT2D eigenvalue weighted by Gasteiger charge is -2.43. The number of likely N-dealkylation sites (tertiary alicyclic amines) is 1. The molecular formula is C45H53N7O7. The van der Waals surface area contributed by atoms with E-state index in [4.69, 9.17) is 29.4 Å². The number of hydrazine groups is 1. The van der Waals surface area contributed by atoms with Crippen molar-refractivity contribution in [3.63, 3.8) is 0 Å². The molecule has 1 amide bonds. The fourth-order valence-electron chi connectivity index (χ4n) is 9.07. The smallest absolute Gasteiger partial charge is 0.251 e. The number of piperidine rings is 1. The third-order valence-corrected chi connectivity index (χ3v) is 12.0. The number of rotatable bonds is 13. The Morgan fingerprint density at radius 3 is 2.24 bits per heavy atom. The van der Waals surface area contributed by atoms with E-state index in [1.807, 2.05) is 70.5 Å².